The van der Waals surface area contributed by atoms with Crippen LogP contribution in [0.4, 0.5) is 0 Å². The number of nitrogens with one attached hydrogen (secondary N) is 3. The van der Waals surface area contributed by atoms with Gasteiger partial charge in [0.25, 0.3) is 0 Å². The predicted molar refractivity (Wildman–Crippen MR) is 53.3 cm³/mol. The lowest BCUT2D eigenvalue weighted by atomic mass is 10.6. The van der Waals surface area contributed by atoms with Crippen LogP contribution >= 0.6 is 0 Å². The first-order chi connectivity index (χ1) is 5.99. The van der Waals surface area contributed by atoms with Gasteiger partial charge in [0.05, 0.1) is 6.26 Å². The molecule has 0 bridgehead atoms. The number of aliphatic imine (C=N–C) groups is 1. The molecule has 0 aliphatic carbocycles. The molecular weight excluding hydrogens is 192 g/mol. The molecule has 7 heteroatoms. The first-order valence-corrected chi connectivity index (χ1v) is 5.72. The summed E-state index contributed by atoms with van der Waals surface area (Å²) in [5.74, 6) is 0.635. The van der Waals surface area contributed by atoms with E-state index in [2.05, 4.69) is 20.3 Å². The highest BCUT2D eigenvalue weighted by molar-refractivity contribution is 7.88. The van der Waals surface area contributed by atoms with Crippen LogP contribution in [0.1, 0.15) is 0 Å². The molecule has 78 valence electrons. The summed E-state index contributed by atoms with van der Waals surface area (Å²) in [5, 5.41) is 5.71. The number of nitrogens with zero attached hydrogens (tertiary/aromatic N) is 1. The summed E-state index contributed by atoms with van der Waals surface area (Å²) in [6.07, 6.45) is 1.12. The van der Waals surface area contributed by atoms with Crippen LogP contribution in [0.2, 0.25) is 0 Å². The van der Waals surface area contributed by atoms with E-state index in [0.29, 0.717) is 19.0 Å². The van der Waals surface area contributed by atoms with E-state index in [4.69, 9.17) is 0 Å². The summed E-state index contributed by atoms with van der Waals surface area (Å²) < 4.78 is 23.6. The summed E-state index contributed by atoms with van der Waals surface area (Å²) in [6, 6.07) is 0. The Labute approximate surface area is 78.9 Å². The molecule has 13 heavy (non-hydrogen) atoms. The lowest BCUT2D eigenvalue weighted by molar-refractivity contribution is 0.587. The average Bonchev–Trinajstić information content (AvgIpc) is 2.03. The topological polar surface area (TPSA) is 82.6 Å². The van der Waals surface area contributed by atoms with Gasteiger partial charge in [0.1, 0.15) is 0 Å². The van der Waals surface area contributed by atoms with Gasteiger partial charge in [-0.25, -0.2) is 13.1 Å². The van der Waals surface area contributed by atoms with Crippen molar-refractivity contribution in [1.82, 2.24) is 15.4 Å². The van der Waals surface area contributed by atoms with E-state index in [1.54, 1.807) is 14.1 Å². The van der Waals surface area contributed by atoms with Gasteiger partial charge in [0, 0.05) is 27.2 Å². The van der Waals surface area contributed by atoms with Gasteiger partial charge in [-0.05, 0) is 0 Å². The quantitative estimate of drug-likeness (QED) is 0.293. The van der Waals surface area contributed by atoms with Crippen molar-refractivity contribution in [2.24, 2.45) is 4.99 Å². The third-order valence-electron chi connectivity index (χ3n) is 1.24. The molecule has 0 spiro atoms. The van der Waals surface area contributed by atoms with E-state index in [1.165, 1.54) is 0 Å². The Kier molecular flexibility index (Phi) is 5.40. The van der Waals surface area contributed by atoms with Crippen LogP contribution in [-0.2, 0) is 10.0 Å². The van der Waals surface area contributed by atoms with Crippen LogP contribution in [0.15, 0.2) is 4.99 Å². The van der Waals surface area contributed by atoms with Crippen molar-refractivity contribution in [2.45, 2.75) is 0 Å². The van der Waals surface area contributed by atoms with Gasteiger partial charge in [-0.3, -0.25) is 4.99 Å². The maximum Gasteiger partial charge on any atom is 0.208 e. The molecule has 0 fully saturated rings. The Morgan fingerprint density at radius 2 is 2.00 bits per heavy atom. The van der Waals surface area contributed by atoms with Gasteiger partial charge in [-0.15, -0.1) is 0 Å². The summed E-state index contributed by atoms with van der Waals surface area (Å²) in [4.78, 5) is 3.86. The summed E-state index contributed by atoms with van der Waals surface area (Å²) in [5.41, 5.74) is 0. The molecular formula is C6H16N4O2S. The number of guanidine groups is 1. The van der Waals surface area contributed by atoms with Gasteiger partial charge in [0.2, 0.25) is 10.0 Å². The van der Waals surface area contributed by atoms with Crippen molar-refractivity contribution in [1.29, 1.82) is 0 Å². The first-order valence-electron chi connectivity index (χ1n) is 3.82. The van der Waals surface area contributed by atoms with E-state index in [0.717, 1.165) is 6.26 Å². The Bertz CT molecular complexity index is 260. The van der Waals surface area contributed by atoms with Crippen molar-refractivity contribution in [3.05, 3.63) is 0 Å². The minimum Gasteiger partial charge on any atom is -0.359 e. The first kappa shape index (κ1) is 12.2. The fourth-order valence-corrected chi connectivity index (χ4v) is 1.17. The molecule has 0 unspecified atom stereocenters. The van der Waals surface area contributed by atoms with Gasteiger partial charge >= 0.3 is 0 Å². The standard InChI is InChI=1S/C6H16N4O2S/c1-7-6(8-2)9-4-5-10-13(3,11)12/h10H,4-5H2,1-3H3,(H2,7,8,9). The van der Waals surface area contributed by atoms with E-state index in [9.17, 15) is 8.42 Å². The monoisotopic (exact) mass is 208 g/mol. The molecule has 6 nitrogen and oxygen atoms in total. The Morgan fingerprint density at radius 3 is 2.38 bits per heavy atom. The van der Waals surface area contributed by atoms with E-state index < -0.39 is 10.0 Å². The summed E-state index contributed by atoms with van der Waals surface area (Å²) in [7, 11) is 0.291. The summed E-state index contributed by atoms with van der Waals surface area (Å²) >= 11 is 0. The molecule has 0 aliphatic heterocycles. The lowest BCUT2D eigenvalue weighted by Crippen LogP contribution is -2.39. The highest BCUT2D eigenvalue weighted by atomic mass is 32.2. The van der Waals surface area contributed by atoms with Crippen LogP contribution in [0.5, 0.6) is 0 Å². The Morgan fingerprint density at radius 1 is 1.38 bits per heavy atom. The van der Waals surface area contributed by atoms with Crippen molar-refractivity contribution in [3.63, 3.8) is 0 Å². The molecule has 0 aliphatic rings. The average molecular weight is 208 g/mol. The van der Waals surface area contributed by atoms with Crippen LogP contribution in [0, 0.1) is 0 Å². The molecule has 0 aromatic carbocycles. The van der Waals surface area contributed by atoms with Crippen LogP contribution < -0.4 is 15.4 Å². The van der Waals surface area contributed by atoms with Gasteiger partial charge in [-0.1, -0.05) is 0 Å². The van der Waals surface area contributed by atoms with Crippen molar-refractivity contribution < 1.29 is 8.42 Å². The van der Waals surface area contributed by atoms with Crippen molar-refractivity contribution in [3.8, 4) is 0 Å². The highest BCUT2D eigenvalue weighted by Gasteiger charge is 1.98. The van der Waals surface area contributed by atoms with Crippen LogP contribution in [0.25, 0.3) is 0 Å². The lowest BCUT2D eigenvalue weighted by Gasteiger charge is -2.07. The second-order valence-electron chi connectivity index (χ2n) is 2.42. The number of hydrogen-bond acceptors (Lipinski definition) is 3. The molecule has 0 radical (unpaired) electrons. The fourth-order valence-electron chi connectivity index (χ4n) is 0.697. The van der Waals surface area contributed by atoms with Crippen LogP contribution in [-0.4, -0.2) is 47.8 Å². The zero-order valence-corrected chi connectivity index (χ0v) is 8.90. The molecule has 0 amide bonds. The molecule has 0 rings (SSSR count). The van der Waals surface area contributed by atoms with Gasteiger partial charge in [0.15, 0.2) is 5.96 Å². The fraction of sp³-hybridized carbons (Fsp3) is 0.833. The molecule has 3 N–H and O–H groups in total. The zero-order valence-electron chi connectivity index (χ0n) is 8.09. The van der Waals surface area contributed by atoms with Crippen molar-refractivity contribution in [2.75, 3.05) is 33.4 Å². The molecule has 0 aromatic rings. The zero-order chi connectivity index (χ0) is 10.3. The number of sulfonamides is 1. The Hall–Kier alpha value is -0.820. The molecule has 0 atom stereocenters. The predicted octanol–water partition coefficient (Wildman–Crippen LogP) is -1.67. The molecule has 0 aromatic heterocycles. The smallest absolute Gasteiger partial charge is 0.208 e. The second-order valence-corrected chi connectivity index (χ2v) is 4.25. The van der Waals surface area contributed by atoms with Crippen molar-refractivity contribution >= 4 is 16.0 Å². The SMILES string of the molecule is CN=C(NC)NCCNS(C)(=O)=O. The maximum absolute atomic E-state index is 10.6. The molecule has 0 heterocycles. The summed E-state index contributed by atoms with van der Waals surface area (Å²) in [6.45, 7) is 0.847. The van der Waals surface area contributed by atoms with E-state index in [1.807, 2.05) is 0 Å². The third kappa shape index (κ3) is 7.54. The Balaban J connectivity index is 3.58. The maximum atomic E-state index is 10.6. The number of hydrogen-bond donors (Lipinski definition) is 3. The molecule has 0 saturated heterocycles. The van der Waals surface area contributed by atoms with E-state index in [-0.39, 0.29) is 0 Å². The van der Waals surface area contributed by atoms with Gasteiger partial charge < -0.3 is 10.6 Å². The minimum absolute atomic E-state index is 0.347. The third-order valence-corrected chi connectivity index (χ3v) is 1.97. The second kappa shape index (κ2) is 5.76. The van der Waals surface area contributed by atoms with E-state index >= 15 is 0 Å². The normalized spacial score (nSPS) is 12.7. The number of rotatable bonds is 4. The van der Waals surface area contributed by atoms with Crippen LogP contribution in [0.3, 0.4) is 0 Å². The largest absolute Gasteiger partial charge is 0.359 e. The highest BCUT2D eigenvalue weighted by Crippen LogP contribution is 1.71. The van der Waals surface area contributed by atoms with Gasteiger partial charge in [-0.2, -0.15) is 0 Å². The minimum atomic E-state index is -3.09. The molecule has 0 saturated carbocycles.